The molecule has 3 nitrogen and oxygen atoms in total. The molecule has 0 unspecified atom stereocenters. The third-order valence-electron chi connectivity index (χ3n) is 1.65. The number of halogens is 2. The predicted molar refractivity (Wildman–Crippen MR) is 43.7 cm³/mol. The number of hydrogen-bond acceptors (Lipinski definition) is 3. The van der Waals surface area contributed by atoms with Crippen molar-refractivity contribution in [3.05, 3.63) is 23.0 Å². The minimum Gasteiger partial charge on any atom is -0.397 e. The number of carbonyl (C=O) groups excluding carboxylic acids is 1. The third kappa shape index (κ3) is 1.80. The van der Waals surface area contributed by atoms with Gasteiger partial charge in [0.05, 0.1) is 11.4 Å². The second-order valence-electron chi connectivity index (χ2n) is 2.55. The fourth-order valence-corrected chi connectivity index (χ4v) is 0.941. The van der Waals surface area contributed by atoms with Crippen LogP contribution in [0.25, 0.3) is 0 Å². The molecule has 0 spiro atoms. The maximum Gasteiger partial charge on any atom is 0.280 e. The standard InChI is InChI=1S/C8H8F2N2O/c1-4-7(11)5(3-13)2-6(12-4)8(9)10/h2-3,8H,11H2,1H3. The van der Waals surface area contributed by atoms with Crippen LogP contribution < -0.4 is 5.73 Å². The quantitative estimate of drug-likeness (QED) is 0.715. The summed E-state index contributed by atoms with van der Waals surface area (Å²) in [4.78, 5) is 13.9. The second-order valence-corrected chi connectivity index (χ2v) is 2.55. The van der Waals surface area contributed by atoms with Gasteiger partial charge in [0.1, 0.15) is 5.69 Å². The summed E-state index contributed by atoms with van der Waals surface area (Å²) in [5.74, 6) is 0. The molecule has 0 aliphatic heterocycles. The molecule has 1 heterocycles. The van der Waals surface area contributed by atoms with Crippen molar-refractivity contribution in [1.82, 2.24) is 4.98 Å². The molecule has 0 aliphatic carbocycles. The number of anilines is 1. The van der Waals surface area contributed by atoms with Crippen molar-refractivity contribution in [1.29, 1.82) is 0 Å². The van der Waals surface area contributed by atoms with Gasteiger partial charge >= 0.3 is 0 Å². The average Bonchev–Trinajstić information content (AvgIpc) is 2.09. The molecular weight excluding hydrogens is 178 g/mol. The Morgan fingerprint density at radius 3 is 2.69 bits per heavy atom. The molecule has 0 amide bonds. The van der Waals surface area contributed by atoms with E-state index in [-0.39, 0.29) is 16.9 Å². The predicted octanol–water partition coefficient (Wildman–Crippen LogP) is 1.72. The summed E-state index contributed by atoms with van der Waals surface area (Å²) in [7, 11) is 0. The molecule has 0 saturated heterocycles. The lowest BCUT2D eigenvalue weighted by Gasteiger charge is -2.05. The van der Waals surface area contributed by atoms with E-state index < -0.39 is 12.1 Å². The number of nitrogens with two attached hydrogens (primary N) is 1. The van der Waals surface area contributed by atoms with Crippen molar-refractivity contribution in [2.24, 2.45) is 0 Å². The van der Waals surface area contributed by atoms with Crippen LogP contribution in [-0.2, 0) is 0 Å². The van der Waals surface area contributed by atoms with Gasteiger partial charge in [-0.3, -0.25) is 4.79 Å². The second kappa shape index (κ2) is 3.47. The Morgan fingerprint density at radius 1 is 1.62 bits per heavy atom. The largest absolute Gasteiger partial charge is 0.397 e. The molecule has 70 valence electrons. The van der Waals surface area contributed by atoms with Crippen LogP contribution in [0.5, 0.6) is 0 Å². The first kappa shape index (κ1) is 9.57. The van der Waals surface area contributed by atoms with Crippen molar-refractivity contribution in [3.8, 4) is 0 Å². The minimum absolute atomic E-state index is 0.0581. The molecule has 0 atom stereocenters. The number of alkyl halides is 2. The molecule has 0 radical (unpaired) electrons. The molecule has 0 bridgehead atoms. The topological polar surface area (TPSA) is 56.0 Å². The smallest absolute Gasteiger partial charge is 0.280 e. The van der Waals surface area contributed by atoms with Crippen LogP contribution in [0.4, 0.5) is 14.5 Å². The van der Waals surface area contributed by atoms with E-state index in [1.54, 1.807) is 0 Å². The Labute approximate surface area is 73.6 Å². The highest BCUT2D eigenvalue weighted by Crippen LogP contribution is 2.21. The van der Waals surface area contributed by atoms with E-state index in [0.29, 0.717) is 6.29 Å². The molecule has 13 heavy (non-hydrogen) atoms. The SMILES string of the molecule is Cc1nc(C(F)F)cc(C=O)c1N. The monoisotopic (exact) mass is 186 g/mol. The number of carbonyl (C=O) groups is 1. The molecule has 2 N–H and O–H groups in total. The highest BCUT2D eigenvalue weighted by atomic mass is 19.3. The van der Waals surface area contributed by atoms with Crippen molar-refractivity contribution in [2.75, 3.05) is 5.73 Å². The van der Waals surface area contributed by atoms with Gasteiger partial charge in [0.15, 0.2) is 6.29 Å². The lowest BCUT2D eigenvalue weighted by Crippen LogP contribution is -2.02. The Morgan fingerprint density at radius 2 is 2.23 bits per heavy atom. The molecule has 1 aromatic heterocycles. The first-order valence-corrected chi connectivity index (χ1v) is 3.56. The number of pyridine rings is 1. The molecule has 0 aliphatic rings. The van der Waals surface area contributed by atoms with Crippen LogP contribution in [-0.4, -0.2) is 11.3 Å². The minimum atomic E-state index is -2.68. The van der Waals surface area contributed by atoms with Crippen molar-refractivity contribution < 1.29 is 13.6 Å². The van der Waals surface area contributed by atoms with Crippen LogP contribution >= 0.6 is 0 Å². The van der Waals surface area contributed by atoms with Gasteiger partial charge < -0.3 is 5.73 Å². The van der Waals surface area contributed by atoms with Crippen molar-refractivity contribution in [2.45, 2.75) is 13.3 Å². The summed E-state index contributed by atoms with van der Waals surface area (Å²) in [6.45, 7) is 1.48. The van der Waals surface area contributed by atoms with Crippen molar-refractivity contribution >= 4 is 12.0 Å². The molecular formula is C8H8F2N2O. The summed E-state index contributed by atoms with van der Waals surface area (Å²) < 4.78 is 24.4. The Kier molecular flexibility index (Phi) is 2.55. The average molecular weight is 186 g/mol. The summed E-state index contributed by atoms with van der Waals surface area (Å²) in [5, 5.41) is 0. The van der Waals surface area contributed by atoms with Gasteiger partial charge in [0.25, 0.3) is 6.43 Å². The summed E-state index contributed by atoms with van der Waals surface area (Å²) >= 11 is 0. The van der Waals surface area contributed by atoms with E-state index in [0.717, 1.165) is 6.07 Å². The van der Waals surface area contributed by atoms with Crippen LogP contribution in [0.15, 0.2) is 6.07 Å². The van der Waals surface area contributed by atoms with E-state index in [9.17, 15) is 13.6 Å². The van der Waals surface area contributed by atoms with Gasteiger partial charge in [-0.25, -0.2) is 13.8 Å². The summed E-state index contributed by atoms with van der Waals surface area (Å²) in [6, 6.07) is 1.00. The molecule has 0 aromatic carbocycles. The summed E-state index contributed by atoms with van der Waals surface area (Å²) in [5.41, 5.74) is 5.46. The maximum absolute atomic E-state index is 12.2. The maximum atomic E-state index is 12.2. The highest BCUT2D eigenvalue weighted by molar-refractivity contribution is 5.84. The zero-order valence-corrected chi connectivity index (χ0v) is 6.92. The van der Waals surface area contributed by atoms with Gasteiger partial charge in [0.2, 0.25) is 0 Å². The van der Waals surface area contributed by atoms with Gasteiger partial charge in [-0.1, -0.05) is 0 Å². The van der Waals surface area contributed by atoms with E-state index in [1.165, 1.54) is 6.92 Å². The number of nitrogen functional groups attached to an aromatic ring is 1. The molecule has 0 saturated carbocycles. The number of aromatic nitrogens is 1. The number of rotatable bonds is 2. The molecule has 1 aromatic rings. The van der Waals surface area contributed by atoms with Crippen molar-refractivity contribution in [3.63, 3.8) is 0 Å². The van der Waals surface area contributed by atoms with Crippen LogP contribution in [0, 0.1) is 6.92 Å². The van der Waals surface area contributed by atoms with E-state index in [1.807, 2.05) is 0 Å². The number of nitrogens with zero attached hydrogens (tertiary/aromatic N) is 1. The number of aldehydes is 1. The first-order valence-electron chi connectivity index (χ1n) is 3.56. The zero-order valence-electron chi connectivity index (χ0n) is 6.92. The van der Waals surface area contributed by atoms with Crippen LogP contribution in [0.1, 0.15) is 28.2 Å². The first-order chi connectivity index (χ1) is 6.06. The molecule has 5 heteroatoms. The van der Waals surface area contributed by atoms with E-state index in [2.05, 4.69) is 4.98 Å². The lowest BCUT2D eigenvalue weighted by molar-refractivity contribution is 0.112. The number of aryl methyl sites for hydroxylation is 1. The third-order valence-corrected chi connectivity index (χ3v) is 1.65. The fraction of sp³-hybridized carbons (Fsp3) is 0.250. The van der Waals surface area contributed by atoms with Gasteiger partial charge in [-0.15, -0.1) is 0 Å². The Balaban J connectivity index is 3.30. The summed E-state index contributed by atoms with van der Waals surface area (Å²) in [6.07, 6.45) is -2.24. The van der Waals surface area contributed by atoms with Crippen LogP contribution in [0.2, 0.25) is 0 Å². The molecule has 0 fully saturated rings. The Bertz CT molecular complexity index is 339. The van der Waals surface area contributed by atoms with Gasteiger partial charge in [-0.05, 0) is 13.0 Å². The van der Waals surface area contributed by atoms with Crippen LogP contribution in [0.3, 0.4) is 0 Å². The van der Waals surface area contributed by atoms with E-state index >= 15 is 0 Å². The normalized spacial score (nSPS) is 10.5. The lowest BCUT2D eigenvalue weighted by atomic mass is 10.1. The highest BCUT2D eigenvalue weighted by Gasteiger charge is 2.13. The number of hydrogen-bond donors (Lipinski definition) is 1. The van der Waals surface area contributed by atoms with E-state index in [4.69, 9.17) is 5.73 Å². The van der Waals surface area contributed by atoms with Gasteiger partial charge in [0, 0.05) is 5.56 Å². The van der Waals surface area contributed by atoms with Gasteiger partial charge in [-0.2, -0.15) is 0 Å². The zero-order chi connectivity index (χ0) is 10.0. The molecule has 1 rings (SSSR count). The Hall–Kier alpha value is -1.52. The fourth-order valence-electron chi connectivity index (χ4n) is 0.941.